The lowest BCUT2D eigenvalue weighted by atomic mass is 9.79. The molecular weight excluding hydrogens is 525 g/mol. The summed E-state index contributed by atoms with van der Waals surface area (Å²) in [5.41, 5.74) is -0.537. The van der Waals surface area contributed by atoms with Gasteiger partial charge in [-0.1, -0.05) is 6.07 Å². The molecule has 3 N–H and O–H groups in total. The highest BCUT2D eigenvalue weighted by atomic mass is 79.9. The van der Waals surface area contributed by atoms with E-state index in [9.17, 15) is 28.7 Å². The highest BCUT2D eigenvalue weighted by Gasteiger charge is 2.41. The number of rotatable bonds is 4. The number of hydrogen-bond donors (Lipinski definition) is 3. The van der Waals surface area contributed by atoms with Crippen molar-refractivity contribution >= 4 is 33.7 Å². The number of fused-ring (bicyclic) bond motifs is 2. The lowest BCUT2D eigenvalue weighted by Gasteiger charge is -2.32. The normalized spacial score (nSPS) is 20.5. The number of likely N-dealkylation sites (N-methyl/N-ethyl adjacent to an activating group) is 1. The number of nitrogens with one attached hydrogen (secondary N) is 2. The Kier molecular flexibility index (Phi) is 6.93. The van der Waals surface area contributed by atoms with E-state index in [-0.39, 0.29) is 16.9 Å². The molecule has 186 valence electrons. The Labute approximate surface area is 208 Å². The van der Waals surface area contributed by atoms with Crippen LogP contribution in [0.25, 0.3) is 0 Å². The molecule has 3 atom stereocenters. The van der Waals surface area contributed by atoms with E-state index in [2.05, 4.69) is 31.5 Å². The zero-order valence-electron chi connectivity index (χ0n) is 19.2. The van der Waals surface area contributed by atoms with Gasteiger partial charge in [-0.2, -0.15) is 0 Å². The van der Waals surface area contributed by atoms with Gasteiger partial charge in [-0.05, 0) is 58.8 Å². The number of aromatic hydroxyl groups is 1. The third-order valence-corrected chi connectivity index (χ3v) is 7.08. The van der Waals surface area contributed by atoms with Crippen LogP contribution in [-0.4, -0.2) is 57.4 Å². The fourth-order valence-corrected chi connectivity index (χ4v) is 5.10. The topological polar surface area (TPSA) is 134 Å². The Morgan fingerprint density at radius 1 is 1.29 bits per heavy atom. The Balaban J connectivity index is 1.61. The average molecular weight is 550 g/mol. The molecule has 3 amide bonds. The third kappa shape index (κ3) is 4.93. The molecule has 12 heteroatoms. The molecule has 0 radical (unpaired) electrons. The molecular formula is C23H25BrFN5O5. The van der Waals surface area contributed by atoms with Crippen molar-refractivity contribution in [3.63, 3.8) is 0 Å². The summed E-state index contributed by atoms with van der Waals surface area (Å²) in [4.78, 5) is 55.9. The molecule has 5 rings (SSSR count). The van der Waals surface area contributed by atoms with Crippen molar-refractivity contribution in [2.75, 3.05) is 14.1 Å². The van der Waals surface area contributed by atoms with Crippen molar-refractivity contribution in [1.82, 2.24) is 25.1 Å². The van der Waals surface area contributed by atoms with Gasteiger partial charge >= 0.3 is 11.8 Å². The minimum Gasteiger partial charge on any atom is -0.501 e. The fraction of sp³-hybridized carbons (Fsp3) is 0.435. The Hall–Kier alpha value is -3.28. The van der Waals surface area contributed by atoms with Crippen LogP contribution in [-0.2, 0) is 22.7 Å². The maximum Gasteiger partial charge on any atom is 0.311 e. The zero-order chi connectivity index (χ0) is 25.4. The minimum atomic E-state index is -0.759. The standard InChI is InChI=1S/C23H25BrFN5O5/c1-29(2)23(35)21(33)27-16-8-12-3-5-13(16)19-28-17(18(31)22(34)30(19)10-12)20(32)26-9-11-4-6-15(25)14(24)7-11/h4,6-7,12-13,16,31H,3,5,8-10H2,1-2H3,(H,26,32)(H,27,33). The first-order valence-electron chi connectivity index (χ1n) is 11.1. The molecule has 0 spiro atoms. The van der Waals surface area contributed by atoms with Crippen molar-refractivity contribution in [2.45, 2.75) is 44.3 Å². The number of carbonyl (C=O) groups excluding carboxylic acids is 3. The molecule has 3 unspecified atom stereocenters. The van der Waals surface area contributed by atoms with Gasteiger partial charge in [-0.15, -0.1) is 0 Å². The van der Waals surface area contributed by atoms with Gasteiger partial charge in [0.1, 0.15) is 11.6 Å². The highest BCUT2D eigenvalue weighted by molar-refractivity contribution is 9.10. The number of nitrogens with zero attached hydrogens (tertiary/aromatic N) is 3. The summed E-state index contributed by atoms with van der Waals surface area (Å²) in [6.45, 7) is 0.318. The number of benzene rings is 1. The number of aromatic nitrogens is 2. The zero-order valence-corrected chi connectivity index (χ0v) is 20.8. The van der Waals surface area contributed by atoms with E-state index in [1.165, 1.54) is 41.8 Å². The SMILES string of the molecule is CN(C)C(=O)C(=O)NC1CC2CCC1c1nc(C(=O)NCc3ccc(F)c(Br)c3)c(O)c(=O)n1C2. The summed E-state index contributed by atoms with van der Waals surface area (Å²) < 4.78 is 15.1. The Morgan fingerprint density at radius 2 is 2.03 bits per heavy atom. The first-order chi connectivity index (χ1) is 16.6. The van der Waals surface area contributed by atoms with E-state index in [0.29, 0.717) is 30.8 Å². The molecule has 0 saturated heterocycles. The van der Waals surface area contributed by atoms with E-state index in [0.717, 1.165) is 6.42 Å². The van der Waals surface area contributed by atoms with Crippen LogP contribution >= 0.6 is 15.9 Å². The first kappa shape index (κ1) is 24.8. The number of carbonyl (C=O) groups is 3. The summed E-state index contributed by atoms with van der Waals surface area (Å²) in [6.07, 6.45) is 1.93. The second-order valence-corrected chi connectivity index (χ2v) is 9.93. The first-order valence-corrected chi connectivity index (χ1v) is 11.9. The molecule has 10 nitrogen and oxygen atoms in total. The number of hydrogen-bond acceptors (Lipinski definition) is 6. The van der Waals surface area contributed by atoms with Crippen molar-refractivity contribution in [3.8, 4) is 5.75 Å². The summed E-state index contributed by atoms with van der Waals surface area (Å²) in [5.74, 6) is -3.45. The van der Waals surface area contributed by atoms with Gasteiger partial charge in [0.25, 0.3) is 11.5 Å². The van der Waals surface area contributed by atoms with Crippen LogP contribution in [0, 0.1) is 11.7 Å². The molecule has 1 saturated carbocycles. The van der Waals surface area contributed by atoms with Gasteiger partial charge in [-0.3, -0.25) is 23.7 Å². The van der Waals surface area contributed by atoms with Crippen molar-refractivity contribution in [3.05, 3.63) is 55.9 Å². The van der Waals surface area contributed by atoms with E-state index in [1.54, 1.807) is 0 Å². The van der Waals surface area contributed by atoms with Crippen LogP contribution in [0.3, 0.4) is 0 Å². The van der Waals surface area contributed by atoms with Crippen LogP contribution in [0.1, 0.15) is 47.1 Å². The molecule has 2 bridgehead atoms. The second kappa shape index (κ2) is 9.76. The predicted octanol–water partition coefficient (Wildman–Crippen LogP) is 1.25. The minimum absolute atomic E-state index is 0.0219. The second-order valence-electron chi connectivity index (χ2n) is 9.08. The van der Waals surface area contributed by atoms with Gasteiger partial charge in [0.05, 0.1) is 4.47 Å². The molecule has 35 heavy (non-hydrogen) atoms. The van der Waals surface area contributed by atoms with Crippen molar-refractivity contribution in [1.29, 1.82) is 0 Å². The molecule has 3 heterocycles. The maximum atomic E-state index is 13.5. The number of halogens is 2. The smallest absolute Gasteiger partial charge is 0.311 e. The summed E-state index contributed by atoms with van der Waals surface area (Å²) in [5, 5.41) is 15.9. The molecule has 1 fully saturated rings. The summed E-state index contributed by atoms with van der Waals surface area (Å²) >= 11 is 3.09. The van der Waals surface area contributed by atoms with Gasteiger partial charge in [0.2, 0.25) is 5.75 Å². The molecule has 1 aromatic carbocycles. The lowest BCUT2D eigenvalue weighted by molar-refractivity contribution is -0.144. The molecule has 1 aliphatic carbocycles. The average Bonchev–Trinajstić information content (AvgIpc) is 3.09. The van der Waals surface area contributed by atoms with E-state index in [4.69, 9.17) is 0 Å². The molecule has 2 aliphatic heterocycles. The van der Waals surface area contributed by atoms with Crippen molar-refractivity contribution < 1.29 is 23.9 Å². The predicted molar refractivity (Wildman–Crippen MR) is 126 cm³/mol. The molecule has 2 aromatic rings. The molecule has 1 aromatic heterocycles. The Morgan fingerprint density at radius 3 is 2.71 bits per heavy atom. The maximum absolute atomic E-state index is 13.5. The lowest BCUT2D eigenvalue weighted by Crippen LogP contribution is -2.48. The number of amides is 3. The quantitative estimate of drug-likeness (QED) is 0.491. The van der Waals surface area contributed by atoms with E-state index >= 15 is 0 Å². The highest BCUT2D eigenvalue weighted by Crippen LogP contribution is 2.39. The van der Waals surface area contributed by atoms with E-state index < -0.39 is 52.5 Å². The van der Waals surface area contributed by atoms with Crippen LogP contribution in [0.15, 0.2) is 27.5 Å². The van der Waals surface area contributed by atoms with Crippen LogP contribution in [0.5, 0.6) is 5.75 Å². The van der Waals surface area contributed by atoms with Gasteiger partial charge in [0, 0.05) is 39.1 Å². The summed E-state index contributed by atoms with van der Waals surface area (Å²) in [6, 6.07) is 3.82. The largest absolute Gasteiger partial charge is 0.501 e. The van der Waals surface area contributed by atoms with Gasteiger partial charge in [-0.25, -0.2) is 9.37 Å². The summed E-state index contributed by atoms with van der Waals surface area (Å²) in [7, 11) is 2.96. The van der Waals surface area contributed by atoms with Gasteiger partial charge < -0.3 is 20.6 Å². The third-order valence-electron chi connectivity index (χ3n) is 6.48. The van der Waals surface area contributed by atoms with Crippen molar-refractivity contribution in [2.24, 2.45) is 5.92 Å². The monoisotopic (exact) mass is 549 g/mol. The fourth-order valence-electron chi connectivity index (χ4n) is 4.68. The molecule has 3 aliphatic rings. The Bertz CT molecular complexity index is 1260. The van der Waals surface area contributed by atoms with Crippen LogP contribution in [0.2, 0.25) is 0 Å². The van der Waals surface area contributed by atoms with Crippen LogP contribution in [0.4, 0.5) is 4.39 Å². The van der Waals surface area contributed by atoms with Crippen LogP contribution < -0.4 is 16.2 Å². The van der Waals surface area contributed by atoms with E-state index in [1.807, 2.05) is 0 Å². The van der Waals surface area contributed by atoms with Gasteiger partial charge in [0.15, 0.2) is 5.69 Å².